The second-order valence-electron chi connectivity index (χ2n) is 4.19. The van der Waals surface area contributed by atoms with E-state index in [-0.39, 0.29) is 5.91 Å². The first-order valence-electron chi connectivity index (χ1n) is 6.14. The van der Waals surface area contributed by atoms with Gasteiger partial charge in [0.05, 0.1) is 4.88 Å². The van der Waals surface area contributed by atoms with E-state index in [1.54, 1.807) is 12.1 Å². The number of amides is 1. The van der Waals surface area contributed by atoms with E-state index in [2.05, 4.69) is 34.7 Å². The van der Waals surface area contributed by atoms with Gasteiger partial charge in [0.2, 0.25) is 0 Å². The Morgan fingerprint density at radius 2 is 2.05 bits per heavy atom. The molecule has 6 heteroatoms. The molecule has 1 atom stereocenters. The molecular formula is C13H16N4OS. The first-order chi connectivity index (χ1) is 9.19. The van der Waals surface area contributed by atoms with Crippen molar-refractivity contribution in [2.75, 3.05) is 10.6 Å². The van der Waals surface area contributed by atoms with Gasteiger partial charge in [0.25, 0.3) is 5.91 Å². The quantitative estimate of drug-likeness (QED) is 0.881. The molecule has 0 spiro atoms. The summed E-state index contributed by atoms with van der Waals surface area (Å²) in [5.74, 6) is 1.00. The average Bonchev–Trinajstić information content (AvgIpc) is 2.95. The molecule has 2 heterocycles. The highest BCUT2D eigenvalue weighted by Crippen LogP contribution is 2.12. The minimum absolute atomic E-state index is 0.160. The van der Waals surface area contributed by atoms with Crippen LogP contribution in [0.25, 0.3) is 0 Å². The summed E-state index contributed by atoms with van der Waals surface area (Å²) >= 11 is 1.39. The van der Waals surface area contributed by atoms with Crippen molar-refractivity contribution in [2.24, 2.45) is 0 Å². The standard InChI is InChI=1S/C13H16N4OS/c1-3-9(2)14-11-6-7-12(17-16-11)15-13(18)10-5-4-8-19-10/h4-9H,3H2,1-2H3,(H,14,16)(H,15,17,18). The highest BCUT2D eigenvalue weighted by molar-refractivity contribution is 7.12. The third kappa shape index (κ3) is 3.75. The van der Waals surface area contributed by atoms with Gasteiger partial charge in [-0.05, 0) is 36.9 Å². The number of rotatable bonds is 5. The predicted octanol–water partition coefficient (Wildman–Crippen LogP) is 3.00. The second-order valence-corrected chi connectivity index (χ2v) is 5.14. The number of nitrogens with one attached hydrogen (secondary N) is 2. The van der Waals surface area contributed by atoms with Gasteiger partial charge in [0, 0.05) is 6.04 Å². The number of aromatic nitrogens is 2. The number of hydrogen-bond acceptors (Lipinski definition) is 5. The molecule has 1 unspecified atom stereocenters. The smallest absolute Gasteiger partial charge is 0.266 e. The normalized spacial score (nSPS) is 11.9. The number of carbonyl (C=O) groups excluding carboxylic acids is 1. The number of hydrogen-bond donors (Lipinski definition) is 2. The average molecular weight is 276 g/mol. The van der Waals surface area contributed by atoms with Gasteiger partial charge in [-0.3, -0.25) is 4.79 Å². The van der Waals surface area contributed by atoms with Crippen LogP contribution in [-0.2, 0) is 0 Å². The molecule has 0 bridgehead atoms. The summed E-state index contributed by atoms with van der Waals surface area (Å²) in [6.07, 6.45) is 1.01. The van der Waals surface area contributed by atoms with Crippen LogP contribution in [0.5, 0.6) is 0 Å². The highest BCUT2D eigenvalue weighted by atomic mass is 32.1. The molecule has 0 saturated heterocycles. The summed E-state index contributed by atoms with van der Waals surface area (Å²) in [7, 11) is 0. The number of nitrogens with zero attached hydrogens (tertiary/aromatic N) is 2. The fourth-order valence-corrected chi connectivity index (χ4v) is 2.04. The molecule has 0 fully saturated rings. The van der Waals surface area contributed by atoms with Crippen LogP contribution >= 0.6 is 11.3 Å². The van der Waals surface area contributed by atoms with Crippen molar-refractivity contribution >= 4 is 28.9 Å². The molecule has 1 amide bonds. The summed E-state index contributed by atoms with van der Waals surface area (Å²) in [4.78, 5) is 12.5. The Balaban J connectivity index is 1.97. The van der Waals surface area contributed by atoms with E-state index in [1.165, 1.54) is 11.3 Å². The summed E-state index contributed by atoms with van der Waals surface area (Å²) in [6, 6.07) is 7.50. The van der Waals surface area contributed by atoms with Crippen molar-refractivity contribution in [1.82, 2.24) is 10.2 Å². The van der Waals surface area contributed by atoms with E-state index >= 15 is 0 Å². The summed E-state index contributed by atoms with van der Waals surface area (Å²) < 4.78 is 0. The van der Waals surface area contributed by atoms with Gasteiger partial charge in [-0.25, -0.2) is 0 Å². The van der Waals surface area contributed by atoms with Gasteiger partial charge in [-0.15, -0.1) is 21.5 Å². The number of anilines is 2. The molecule has 100 valence electrons. The van der Waals surface area contributed by atoms with Crippen LogP contribution in [0.2, 0.25) is 0 Å². The van der Waals surface area contributed by atoms with Crippen molar-refractivity contribution in [3.05, 3.63) is 34.5 Å². The maximum Gasteiger partial charge on any atom is 0.266 e. The van der Waals surface area contributed by atoms with Gasteiger partial charge < -0.3 is 10.6 Å². The molecule has 2 aromatic heterocycles. The van der Waals surface area contributed by atoms with Crippen LogP contribution < -0.4 is 10.6 Å². The van der Waals surface area contributed by atoms with Gasteiger partial charge in [-0.2, -0.15) is 0 Å². The lowest BCUT2D eigenvalue weighted by Crippen LogP contribution is -2.16. The topological polar surface area (TPSA) is 66.9 Å². The minimum Gasteiger partial charge on any atom is -0.366 e. The fourth-order valence-electron chi connectivity index (χ4n) is 1.42. The van der Waals surface area contributed by atoms with Crippen molar-refractivity contribution in [3.8, 4) is 0 Å². The van der Waals surface area contributed by atoms with Gasteiger partial charge in [0.15, 0.2) is 5.82 Å². The van der Waals surface area contributed by atoms with Crippen molar-refractivity contribution < 1.29 is 4.79 Å². The Morgan fingerprint density at radius 3 is 2.63 bits per heavy atom. The van der Waals surface area contributed by atoms with E-state index in [9.17, 15) is 4.79 Å². The zero-order valence-electron chi connectivity index (χ0n) is 10.9. The van der Waals surface area contributed by atoms with Crippen molar-refractivity contribution in [1.29, 1.82) is 0 Å². The van der Waals surface area contributed by atoms with Gasteiger partial charge >= 0.3 is 0 Å². The fraction of sp³-hybridized carbons (Fsp3) is 0.308. The number of thiophene rings is 1. The van der Waals surface area contributed by atoms with Crippen molar-refractivity contribution in [3.63, 3.8) is 0 Å². The molecule has 0 aliphatic heterocycles. The molecule has 5 nitrogen and oxygen atoms in total. The summed E-state index contributed by atoms with van der Waals surface area (Å²) in [6.45, 7) is 4.18. The Bertz CT molecular complexity index is 524. The molecule has 0 radical (unpaired) electrons. The highest BCUT2D eigenvalue weighted by Gasteiger charge is 2.08. The van der Waals surface area contributed by atoms with Crippen LogP contribution in [0.1, 0.15) is 29.9 Å². The van der Waals surface area contributed by atoms with Crippen LogP contribution in [0, 0.1) is 0 Å². The van der Waals surface area contributed by atoms with Crippen molar-refractivity contribution in [2.45, 2.75) is 26.3 Å². The zero-order valence-corrected chi connectivity index (χ0v) is 11.7. The van der Waals surface area contributed by atoms with Crippen LogP contribution in [0.3, 0.4) is 0 Å². The lowest BCUT2D eigenvalue weighted by Gasteiger charge is -2.11. The van der Waals surface area contributed by atoms with Crippen LogP contribution in [0.15, 0.2) is 29.6 Å². The molecular weight excluding hydrogens is 260 g/mol. The van der Waals surface area contributed by atoms with E-state index in [0.29, 0.717) is 22.6 Å². The Morgan fingerprint density at radius 1 is 1.32 bits per heavy atom. The van der Waals surface area contributed by atoms with E-state index in [4.69, 9.17) is 0 Å². The molecule has 0 aliphatic carbocycles. The molecule has 0 saturated carbocycles. The molecule has 0 aliphatic rings. The Hall–Kier alpha value is -1.95. The maximum absolute atomic E-state index is 11.8. The Kier molecular flexibility index (Phi) is 4.46. The lowest BCUT2D eigenvalue weighted by molar-refractivity contribution is 0.103. The van der Waals surface area contributed by atoms with Gasteiger partial charge in [-0.1, -0.05) is 13.0 Å². The SMILES string of the molecule is CCC(C)Nc1ccc(NC(=O)c2cccs2)nn1. The minimum atomic E-state index is -0.160. The third-order valence-corrected chi connectivity index (χ3v) is 3.53. The molecule has 2 N–H and O–H groups in total. The van der Waals surface area contributed by atoms with E-state index < -0.39 is 0 Å². The van der Waals surface area contributed by atoms with Crippen LogP contribution in [-0.4, -0.2) is 22.1 Å². The lowest BCUT2D eigenvalue weighted by atomic mass is 10.2. The number of carbonyl (C=O) groups is 1. The molecule has 19 heavy (non-hydrogen) atoms. The molecule has 2 aromatic rings. The van der Waals surface area contributed by atoms with E-state index in [1.807, 2.05) is 17.5 Å². The van der Waals surface area contributed by atoms with Crippen LogP contribution in [0.4, 0.5) is 11.6 Å². The molecule has 0 aromatic carbocycles. The largest absolute Gasteiger partial charge is 0.366 e. The second kappa shape index (κ2) is 6.29. The Labute approximate surface area is 116 Å². The summed E-state index contributed by atoms with van der Waals surface area (Å²) in [5, 5.41) is 15.8. The maximum atomic E-state index is 11.8. The third-order valence-electron chi connectivity index (χ3n) is 2.66. The van der Waals surface area contributed by atoms with Gasteiger partial charge in [0.1, 0.15) is 5.82 Å². The first-order valence-corrected chi connectivity index (χ1v) is 7.02. The monoisotopic (exact) mass is 276 g/mol. The first kappa shape index (κ1) is 13.5. The van der Waals surface area contributed by atoms with E-state index in [0.717, 1.165) is 6.42 Å². The predicted molar refractivity (Wildman–Crippen MR) is 77.7 cm³/mol. The summed E-state index contributed by atoms with van der Waals surface area (Å²) in [5.41, 5.74) is 0. The zero-order chi connectivity index (χ0) is 13.7. The molecule has 2 rings (SSSR count).